The number of nitrogens with zero attached hydrogens (tertiary/aromatic N) is 4. The van der Waals surface area contributed by atoms with Crippen molar-refractivity contribution in [3.05, 3.63) is 66.0 Å². The highest BCUT2D eigenvalue weighted by Gasteiger charge is 2.31. The fraction of sp³-hybridized carbons (Fsp3) is 0.333. The van der Waals surface area contributed by atoms with Crippen LogP contribution in [-0.4, -0.2) is 59.5 Å². The third-order valence-electron chi connectivity index (χ3n) is 6.78. The molecule has 1 saturated heterocycles. The van der Waals surface area contributed by atoms with E-state index in [1.807, 2.05) is 17.0 Å². The Balaban J connectivity index is 1.42. The third kappa shape index (κ3) is 5.19. The van der Waals surface area contributed by atoms with Crippen LogP contribution in [-0.2, 0) is 21.2 Å². The average molecular weight is 535 g/mol. The van der Waals surface area contributed by atoms with Gasteiger partial charge in [-0.3, -0.25) is 14.8 Å². The molecule has 0 amide bonds. The van der Waals surface area contributed by atoms with Gasteiger partial charge in [0.15, 0.2) is 5.65 Å². The van der Waals surface area contributed by atoms with E-state index >= 15 is 0 Å². The Bertz CT molecular complexity index is 1530. The molecule has 1 aliphatic heterocycles. The van der Waals surface area contributed by atoms with Crippen molar-refractivity contribution < 1.29 is 17.9 Å². The van der Waals surface area contributed by atoms with Crippen molar-refractivity contribution in [1.29, 1.82) is 0 Å². The maximum atomic E-state index is 13.0. The number of fused-ring (bicyclic) bond motifs is 1. The number of ether oxygens (including phenoxy) is 1. The normalized spacial score (nSPS) is 14.5. The van der Waals surface area contributed by atoms with Crippen LogP contribution in [0.4, 0.5) is 11.5 Å². The van der Waals surface area contributed by atoms with Crippen molar-refractivity contribution in [3.8, 4) is 11.3 Å². The van der Waals surface area contributed by atoms with E-state index in [1.54, 1.807) is 31.3 Å². The number of nitrogens with one attached hydrogen (secondary N) is 2. The molecule has 4 aromatic rings. The number of hydrogen-bond acceptors (Lipinski definition) is 8. The molecule has 11 heteroatoms. The van der Waals surface area contributed by atoms with E-state index in [9.17, 15) is 13.2 Å². The summed E-state index contributed by atoms with van der Waals surface area (Å²) in [6, 6.07) is 13.2. The van der Waals surface area contributed by atoms with Gasteiger partial charge >= 0.3 is 5.97 Å². The van der Waals surface area contributed by atoms with Gasteiger partial charge in [0.05, 0.1) is 40.4 Å². The Morgan fingerprint density at radius 3 is 2.58 bits per heavy atom. The highest BCUT2D eigenvalue weighted by Crippen LogP contribution is 2.33. The smallest absolute Gasteiger partial charge is 0.339 e. The lowest BCUT2D eigenvalue weighted by molar-refractivity contribution is 0.0528. The van der Waals surface area contributed by atoms with Gasteiger partial charge in [-0.1, -0.05) is 31.2 Å². The first-order valence-corrected chi connectivity index (χ1v) is 14.3. The summed E-state index contributed by atoms with van der Waals surface area (Å²) in [5.41, 5.74) is 4.05. The van der Waals surface area contributed by atoms with Crippen LogP contribution in [0.3, 0.4) is 0 Å². The summed E-state index contributed by atoms with van der Waals surface area (Å²) < 4.78 is 33.8. The molecule has 2 N–H and O–H groups in total. The van der Waals surface area contributed by atoms with Crippen LogP contribution in [0.1, 0.15) is 42.6 Å². The largest absolute Gasteiger partial charge is 0.462 e. The molecule has 10 nitrogen and oxygen atoms in total. The number of pyridine rings is 2. The monoisotopic (exact) mass is 534 g/mol. The van der Waals surface area contributed by atoms with Gasteiger partial charge < -0.3 is 9.64 Å². The minimum Gasteiger partial charge on any atom is -0.462 e. The van der Waals surface area contributed by atoms with E-state index in [2.05, 4.69) is 39.0 Å². The molecule has 1 fully saturated rings. The van der Waals surface area contributed by atoms with E-state index in [-0.39, 0.29) is 6.61 Å². The number of aromatic nitrogens is 4. The number of hydrogen-bond donors (Lipinski definition) is 2. The quantitative estimate of drug-likeness (QED) is 0.322. The molecule has 1 aliphatic rings. The lowest BCUT2D eigenvalue weighted by Crippen LogP contribution is -2.41. The van der Waals surface area contributed by atoms with Crippen molar-refractivity contribution in [2.24, 2.45) is 0 Å². The number of sulfonamides is 1. The topological polar surface area (TPSA) is 130 Å². The zero-order valence-corrected chi connectivity index (χ0v) is 22.2. The molecule has 0 atom stereocenters. The van der Waals surface area contributed by atoms with Crippen molar-refractivity contribution in [2.75, 3.05) is 29.3 Å². The number of benzene rings is 1. The van der Waals surface area contributed by atoms with Crippen LogP contribution in [0.15, 0.2) is 54.9 Å². The van der Waals surface area contributed by atoms with E-state index in [1.165, 1.54) is 11.8 Å². The lowest BCUT2D eigenvalue weighted by Gasteiger charge is -2.32. The predicted molar refractivity (Wildman–Crippen MR) is 147 cm³/mol. The van der Waals surface area contributed by atoms with Gasteiger partial charge in [-0.2, -0.15) is 5.10 Å². The van der Waals surface area contributed by atoms with Crippen molar-refractivity contribution in [3.63, 3.8) is 0 Å². The molecule has 0 unspecified atom stereocenters. The summed E-state index contributed by atoms with van der Waals surface area (Å²) in [6.07, 6.45) is 4.84. The Kier molecular flexibility index (Phi) is 7.28. The van der Waals surface area contributed by atoms with Crippen LogP contribution in [0.2, 0.25) is 0 Å². The van der Waals surface area contributed by atoms with Gasteiger partial charge in [0, 0.05) is 24.8 Å². The van der Waals surface area contributed by atoms with Crippen molar-refractivity contribution in [2.45, 2.75) is 38.4 Å². The molecule has 38 heavy (non-hydrogen) atoms. The predicted octanol–water partition coefficient (Wildman–Crippen LogP) is 4.17. The fourth-order valence-electron chi connectivity index (χ4n) is 4.72. The first-order chi connectivity index (χ1) is 18.4. The zero-order chi connectivity index (χ0) is 26.7. The van der Waals surface area contributed by atoms with Crippen LogP contribution in [0, 0.1) is 0 Å². The summed E-state index contributed by atoms with van der Waals surface area (Å²) in [5, 5.41) is 7.53. The van der Waals surface area contributed by atoms with Crippen LogP contribution < -0.4 is 9.62 Å². The van der Waals surface area contributed by atoms with Crippen molar-refractivity contribution >= 4 is 38.5 Å². The second kappa shape index (κ2) is 10.8. The maximum absolute atomic E-state index is 13.0. The Morgan fingerprint density at radius 2 is 1.92 bits per heavy atom. The van der Waals surface area contributed by atoms with Crippen LogP contribution in [0.5, 0.6) is 0 Å². The molecule has 0 saturated carbocycles. The van der Waals surface area contributed by atoms with Gasteiger partial charge in [-0.25, -0.2) is 18.2 Å². The number of carbonyl (C=O) groups excluding carboxylic acids is 1. The minimum atomic E-state index is -3.57. The summed E-state index contributed by atoms with van der Waals surface area (Å²) in [5.74, 6) is 0.114. The highest BCUT2D eigenvalue weighted by molar-refractivity contribution is 7.93. The number of aromatic amines is 1. The van der Waals surface area contributed by atoms with Gasteiger partial charge in [0.1, 0.15) is 5.82 Å². The van der Waals surface area contributed by atoms with E-state index < -0.39 is 21.2 Å². The Hall–Kier alpha value is -3.99. The van der Waals surface area contributed by atoms with Crippen LogP contribution in [0.25, 0.3) is 22.3 Å². The number of esters is 1. The molecular weight excluding hydrogens is 504 g/mol. The second-order valence-corrected chi connectivity index (χ2v) is 11.1. The number of anilines is 2. The standard InChI is InChI=1S/C27H30N6O4S/c1-3-18-7-9-19(10-8-18)25-24-22(27(34)37-4-2)16-23(29-26(24)31-30-25)33-14-11-21(12-15-33)38(35,36)32-20-6-5-13-28-17-20/h5-10,13,16-17,21,32H,3-4,11-12,14-15H2,1-2H3,(H,29,30,31). The zero-order valence-electron chi connectivity index (χ0n) is 21.3. The second-order valence-electron chi connectivity index (χ2n) is 9.17. The van der Waals surface area contributed by atoms with Crippen LogP contribution >= 0.6 is 0 Å². The first kappa shape index (κ1) is 25.7. The lowest BCUT2D eigenvalue weighted by atomic mass is 10.0. The highest BCUT2D eigenvalue weighted by atomic mass is 32.2. The molecule has 5 rings (SSSR count). The summed E-state index contributed by atoms with van der Waals surface area (Å²) in [6.45, 7) is 5.04. The molecule has 0 aliphatic carbocycles. The number of rotatable bonds is 8. The van der Waals surface area contributed by atoms with Gasteiger partial charge in [-0.15, -0.1) is 0 Å². The Morgan fingerprint density at radius 1 is 1.16 bits per heavy atom. The molecule has 0 bridgehead atoms. The third-order valence-corrected chi connectivity index (χ3v) is 8.65. The molecule has 198 valence electrons. The van der Waals surface area contributed by atoms with Gasteiger partial charge in [0.25, 0.3) is 0 Å². The fourth-order valence-corrected chi connectivity index (χ4v) is 6.17. The average Bonchev–Trinajstić information content (AvgIpc) is 3.37. The van der Waals surface area contributed by atoms with Gasteiger partial charge in [0.2, 0.25) is 10.0 Å². The molecular formula is C27H30N6O4S. The van der Waals surface area contributed by atoms with E-state index in [0.29, 0.717) is 59.7 Å². The molecule has 0 radical (unpaired) electrons. The Labute approximate surface area is 221 Å². The summed E-state index contributed by atoms with van der Waals surface area (Å²) >= 11 is 0. The number of aryl methyl sites for hydroxylation is 1. The summed E-state index contributed by atoms with van der Waals surface area (Å²) in [7, 11) is -3.57. The number of carbonyl (C=O) groups is 1. The van der Waals surface area contributed by atoms with Gasteiger partial charge in [-0.05, 0) is 49.9 Å². The minimum absolute atomic E-state index is 0.240. The van der Waals surface area contributed by atoms with E-state index in [0.717, 1.165) is 12.0 Å². The van der Waals surface area contributed by atoms with Crippen molar-refractivity contribution in [1.82, 2.24) is 20.2 Å². The SMILES string of the molecule is CCOC(=O)c1cc(N2CCC(S(=O)(=O)Nc3cccnc3)CC2)nc2n[nH]c(-c3ccc(CC)cc3)c12. The maximum Gasteiger partial charge on any atom is 0.339 e. The first-order valence-electron chi connectivity index (χ1n) is 12.7. The molecule has 1 aromatic carbocycles. The number of piperidine rings is 1. The molecule has 0 spiro atoms. The summed E-state index contributed by atoms with van der Waals surface area (Å²) in [4.78, 5) is 23.7. The number of H-pyrrole nitrogens is 1. The van der Waals surface area contributed by atoms with E-state index in [4.69, 9.17) is 9.72 Å². The molecule has 3 aromatic heterocycles. The molecule has 4 heterocycles.